The van der Waals surface area contributed by atoms with Gasteiger partial charge in [0.1, 0.15) is 5.69 Å². The molecule has 0 atom stereocenters. The van der Waals surface area contributed by atoms with Gasteiger partial charge in [-0.05, 0) is 31.5 Å². The van der Waals surface area contributed by atoms with E-state index in [1.807, 2.05) is 13.8 Å². The maximum absolute atomic E-state index is 12.7. The summed E-state index contributed by atoms with van der Waals surface area (Å²) in [5.74, 6) is 0.534. The molecule has 1 fully saturated rings. The standard InChI is InChI=1S/C19H21N5O3S2/c1-11-3-4-14(29(25,26)23-6-13-9-27-10-13)5-15(11)16-7-22-19(20)18(24-16)17-8-21-12(2)28-17/h3-5,7-8,13,23H,6,9-10H2,1-2H3,(H2,20,22). The predicted octanol–water partition coefficient (Wildman–Crippen LogP) is 2.39. The lowest BCUT2D eigenvalue weighted by Crippen LogP contribution is -2.39. The Kier molecular flexibility index (Phi) is 5.34. The van der Waals surface area contributed by atoms with E-state index in [4.69, 9.17) is 10.5 Å². The molecule has 0 radical (unpaired) electrons. The van der Waals surface area contributed by atoms with Gasteiger partial charge in [0.05, 0.1) is 39.9 Å². The molecule has 0 bridgehead atoms. The summed E-state index contributed by atoms with van der Waals surface area (Å²) < 4.78 is 33.2. The summed E-state index contributed by atoms with van der Waals surface area (Å²) in [7, 11) is -3.63. The van der Waals surface area contributed by atoms with Crippen LogP contribution in [0.4, 0.5) is 5.82 Å². The molecule has 2 aromatic heterocycles. The van der Waals surface area contributed by atoms with Crippen LogP contribution in [0.3, 0.4) is 0 Å². The second-order valence-corrected chi connectivity index (χ2v) is 9.97. The third-order valence-corrected chi connectivity index (χ3v) is 7.06. The second-order valence-electron chi connectivity index (χ2n) is 6.96. The highest BCUT2D eigenvalue weighted by Crippen LogP contribution is 2.31. The molecule has 1 aromatic carbocycles. The molecule has 10 heteroatoms. The van der Waals surface area contributed by atoms with Crippen LogP contribution < -0.4 is 10.5 Å². The number of hydrogen-bond acceptors (Lipinski definition) is 8. The van der Waals surface area contributed by atoms with Gasteiger partial charge in [0.15, 0.2) is 5.82 Å². The van der Waals surface area contributed by atoms with Gasteiger partial charge >= 0.3 is 0 Å². The van der Waals surface area contributed by atoms with Gasteiger partial charge in [0, 0.05) is 24.2 Å². The van der Waals surface area contributed by atoms with Crippen molar-refractivity contribution in [3.63, 3.8) is 0 Å². The molecule has 29 heavy (non-hydrogen) atoms. The Balaban J connectivity index is 1.69. The molecule has 3 heterocycles. The summed E-state index contributed by atoms with van der Waals surface area (Å²) in [6.45, 7) is 5.34. The van der Waals surface area contributed by atoms with Gasteiger partial charge in [-0.25, -0.2) is 28.1 Å². The van der Waals surface area contributed by atoms with Crippen molar-refractivity contribution in [3.8, 4) is 21.8 Å². The maximum Gasteiger partial charge on any atom is 0.240 e. The van der Waals surface area contributed by atoms with E-state index >= 15 is 0 Å². The van der Waals surface area contributed by atoms with Crippen LogP contribution in [0.2, 0.25) is 0 Å². The monoisotopic (exact) mass is 431 g/mol. The topological polar surface area (TPSA) is 120 Å². The van der Waals surface area contributed by atoms with Gasteiger partial charge < -0.3 is 10.5 Å². The molecule has 1 aliphatic heterocycles. The number of rotatable bonds is 6. The van der Waals surface area contributed by atoms with Crippen molar-refractivity contribution in [2.45, 2.75) is 18.7 Å². The molecule has 3 N–H and O–H groups in total. The van der Waals surface area contributed by atoms with Gasteiger partial charge in [-0.2, -0.15) is 0 Å². The van der Waals surface area contributed by atoms with Gasteiger partial charge in [-0.1, -0.05) is 6.07 Å². The van der Waals surface area contributed by atoms with Crippen molar-refractivity contribution >= 4 is 27.2 Å². The summed E-state index contributed by atoms with van der Waals surface area (Å²) in [6.07, 6.45) is 3.27. The number of benzene rings is 1. The number of sulfonamides is 1. The lowest BCUT2D eigenvalue weighted by Gasteiger charge is -2.25. The first-order chi connectivity index (χ1) is 13.8. The van der Waals surface area contributed by atoms with Crippen LogP contribution in [0.5, 0.6) is 0 Å². The highest BCUT2D eigenvalue weighted by atomic mass is 32.2. The highest BCUT2D eigenvalue weighted by Gasteiger charge is 2.23. The average Bonchev–Trinajstić information content (AvgIpc) is 3.07. The van der Waals surface area contributed by atoms with Crippen LogP contribution in [-0.4, -0.2) is 43.1 Å². The van der Waals surface area contributed by atoms with Gasteiger partial charge in [0.2, 0.25) is 10.0 Å². The molecule has 0 spiro atoms. The van der Waals surface area contributed by atoms with Crippen LogP contribution in [-0.2, 0) is 14.8 Å². The Bertz CT molecular complexity index is 1160. The summed E-state index contributed by atoms with van der Waals surface area (Å²) in [6, 6.07) is 4.98. The van der Waals surface area contributed by atoms with Crippen LogP contribution in [0.15, 0.2) is 35.5 Å². The fraction of sp³-hybridized carbons (Fsp3) is 0.316. The number of nitrogens with one attached hydrogen (secondary N) is 1. The molecule has 0 unspecified atom stereocenters. The predicted molar refractivity (Wildman–Crippen MR) is 112 cm³/mol. The summed E-state index contributed by atoms with van der Waals surface area (Å²) in [5, 5.41) is 0.902. The molecule has 3 aromatic rings. The van der Waals surface area contributed by atoms with Gasteiger partial charge in [-0.3, -0.25) is 0 Å². The van der Waals surface area contributed by atoms with Crippen LogP contribution >= 0.6 is 11.3 Å². The molecular formula is C19H21N5O3S2. The molecule has 152 valence electrons. The van der Waals surface area contributed by atoms with Crippen LogP contribution in [0, 0.1) is 19.8 Å². The Morgan fingerprint density at radius 3 is 2.69 bits per heavy atom. The van der Waals surface area contributed by atoms with E-state index in [2.05, 4.69) is 19.7 Å². The van der Waals surface area contributed by atoms with Crippen molar-refractivity contribution in [1.82, 2.24) is 19.7 Å². The van der Waals surface area contributed by atoms with Crippen molar-refractivity contribution < 1.29 is 13.2 Å². The fourth-order valence-electron chi connectivity index (χ4n) is 2.94. The Hall–Kier alpha value is -2.40. The quantitative estimate of drug-likeness (QED) is 0.615. The summed E-state index contributed by atoms with van der Waals surface area (Å²) >= 11 is 1.48. The third-order valence-electron chi connectivity index (χ3n) is 4.72. The minimum absolute atomic E-state index is 0.187. The molecule has 1 aliphatic rings. The van der Waals surface area contributed by atoms with E-state index in [0.717, 1.165) is 15.4 Å². The lowest BCUT2D eigenvalue weighted by atomic mass is 10.1. The molecular weight excluding hydrogens is 410 g/mol. The minimum Gasteiger partial charge on any atom is -0.382 e. The van der Waals surface area contributed by atoms with Gasteiger partial charge in [-0.15, -0.1) is 11.3 Å². The van der Waals surface area contributed by atoms with Crippen LogP contribution in [0.1, 0.15) is 10.6 Å². The second kappa shape index (κ2) is 7.79. The van der Waals surface area contributed by atoms with Crippen molar-refractivity contribution in [2.24, 2.45) is 5.92 Å². The number of nitrogen functional groups attached to an aromatic ring is 1. The zero-order valence-electron chi connectivity index (χ0n) is 16.0. The van der Waals surface area contributed by atoms with E-state index in [9.17, 15) is 8.42 Å². The van der Waals surface area contributed by atoms with E-state index in [0.29, 0.717) is 42.5 Å². The summed E-state index contributed by atoms with van der Waals surface area (Å²) in [4.78, 5) is 14.2. The average molecular weight is 432 g/mol. The third kappa shape index (κ3) is 4.15. The Labute approximate surface area is 173 Å². The first-order valence-corrected chi connectivity index (χ1v) is 11.4. The number of hydrogen-bond donors (Lipinski definition) is 2. The Morgan fingerprint density at radius 2 is 2.03 bits per heavy atom. The van der Waals surface area contributed by atoms with Gasteiger partial charge in [0.25, 0.3) is 0 Å². The number of nitrogens with zero attached hydrogens (tertiary/aromatic N) is 3. The maximum atomic E-state index is 12.7. The number of aromatic nitrogens is 3. The van der Waals surface area contributed by atoms with E-state index in [-0.39, 0.29) is 10.8 Å². The zero-order valence-corrected chi connectivity index (χ0v) is 17.7. The number of nitrogens with two attached hydrogens (primary N) is 1. The number of ether oxygens (including phenoxy) is 1. The van der Waals surface area contributed by atoms with Crippen molar-refractivity contribution in [2.75, 3.05) is 25.5 Å². The first-order valence-electron chi connectivity index (χ1n) is 9.07. The number of anilines is 1. The molecule has 1 saturated heterocycles. The van der Waals surface area contributed by atoms with E-state index in [1.165, 1.54) is 11.3 Å². The molecule has 4 rings (SSSR count). The molecule has 8 nitrogen and oxygen atoms in total. The van der Waals surface area contributed by atoms with E-state index < -0.39 is 10.0 Å². The molecule has 0 saturated carbocycles. The lowest BCUT2D eigenvalue weighted by molar-refractivity contribution is -0.0283. The fourth-order valence-corrected chi connectivity index (χ4v) is 4.86. The number of aryl methyl sites for hydroxylation is 2. The van der Waals surface area contributed by atoms with E-state index in [1.54, 1.807) is 30.6 Å². The minimum atomic E-state index is -3.63. The normalized spacial score (nSPS) is 14.7. The first kappa shape index (κ1) is 19.9. The summed E-state index contributed by atoms with van der Waals surface area (Å²) in [5.41, 5.74) is 8.70. The highest BCUT2D eigenvalue weighted by molar-refractivity contribution is 7.89. The number of thiazole rings is 1. The van der Waals surface area contributed by atoms with Crippen LogP contribution in [0.25, 0.3) is 21.8 Å². The molecule has 0 aliphatic carbocycles. The zero-order chi connectivity index (χ0) is 20.6. The Morgan fingerprint density at radius 1 is 1.24 bits per heavy atom. The molecule has 0 amide bonds. The smallest absolute Gasteiger partial charge is 0.240 e. The van der Waals surface area contributed by atoms with Crippen molar-refractivity contribution in [3.05, 3.63) is 41.2 Å². The SMILES string of the molecule is Cc1ncc(-c2nc(-c3cc(S(=O)(=O)NCC4COC4)ccc3C)cnc2N)s1. The van der Waals surface area contributed by atoms with Crippen molar-refractivity contribution in [1.29, 1.82) is 0 Å². The largest absolute Gasteiger partial charge is 0.382 e.